The fourth-order valence-corrected chi connectivity index (χ4v) is 7.39. The van der Waals surface area contributed by atoms with Gasteiger partial charge in [-0.1, -0.05) is 127 Å². The molecular weight excluding hydrogens is 593 g/mol. The molecule has 4 heteroatoms. The number of halogens is 1. The third kappa shape index (κ3) is 10.8. The summed E-state index contributed by atoms with van der Waals surface area (Å²) in [5, 5.41) is 0. The van der Waals surface area contributed by atoms with Crippen LogP contribution in [0.3, 0.4) is 0 Å². The van der Waals surface area contributed by atoms with Crippen molar-refractivity contribution in [2.45, 2.75) is 130 Å². The van der Waals surface area contributed by atoms with E-state index in [4.69, 9.17) is 0 Å². The molecule has 1 amide bonds. The quantitative estimate of drug-likeness (QED) is 0.0529. The van der Waals surface area contributed by atoms with E-state index in [1.807, 2.05) is 36.4 Å². The number of ketones is 1. The van der Waals surface area contributed by atoms with Crippen molar-refractivity contribution in [3.05, 3.63) is 101 Å². The third-order valence-corrected chi connectivity index (χ3v) is 10.6. The first kappa shape index (κ1) is 37.3. The monoisotopic (exact) mass is 651 g/mol. The minimum atomic E-state index is -0.353. The van der Waals surface area contributed by atoms with Crippen molar-refractivity contribution in [1.82, 2.24) is 0 Å². The van der Waals surface area contributed by atoms with Gasteiger partial charge >= 0.3 is 0 Å². The number of unbranched alkanes of at least 4 members (excludes halogenated alkanes) is 8. The van der Waals surface area contributed by atoms with Crippen LogP contribution in [0, 0.1) is 23.6 Å². The average Bonchev–Trinajstić information content (AvgIpc) is 3.34. The molecule has 1 saturated carbocycles. The number of fused-ring (bicyclic) bond motifs is 1. The van der Waals surface area contributed by atoms with E-state index < -0.39 is 0 Å². The largest absolute Gasteiger partial charge is 0.295 e. The Morgan fingerprint density at radius 3 is 2.38 bits per heavy atom. The number of rotatable bonds is 18. The number of amides is 1. The topological polar surface area (TPSA) is 37.4 Å². The summed E-state index contributed by atoms with van der Waals surface area (Å²) in [6, 6.07) is 13.6. The molecule has 3 unspecified atom stereocenters. The van der Waals surface area contributed by atoms with E-state index >= 15 is 0 Å². The molecule has 0 N–H and O–H groups in total. The Balaban J connectivity index is 1.53. The Bertz CT molecular complexity index is 1460. The van der Waals surface area contributed by atoms with Gasteiger partial charge in [-0.15, -0.1) is 0 Å². The van der Waals surface area contributed by atoms with Gasteiger partial charge in [-0.2, -0.15) is 0 Å². The third-order valence-electron chi connectivity index (χ3n) is 10.6. The summed E-state index contributed by atoms with van der Waals surface area (Å²) in [6.07, 6.45) is 22.8. The molecule has 0 spiro atoms. The lowest BCUT2D eigenvalue weighted by atomic mass is 9.85. The molecule has 258 valence electrons. The van der Waals surface area contributed by atoms with Crippen LogP contribution in [-0.4, -0.2) is 11.7 Å². The molecule has 2 aliphatic rings. The maximum Gasteiger partial charge on any atom is 0.263 e. The number of allylic oxidation sites excluding steroid dienone is 3. The van der Waals surface area contributed by atoms with Crippen LogP contribution < -0.4 is 4.90 Å². The fourth-order valence-electron chi connectivity index (χ4n) is 7.39. The number of anilines is 1. The highest BCUT2D eigenvalue weighted by Gasteiger charge is 2.30. The molecule has 1 aliphatic carbocycles. The number of carbonyl (C=O) groups is 2. The average molecular weight is 652 g/mol. The van der Waals surface area contributed by atoms with Crippen molar-refractivity contribution >= 4 is 23.5 Å². The van der Waals surface area contributed by atoms with E-state index in [2.05, 4.69) is 33.1 Å². The summed E-state index contributed by atoms with van der Waals surface area (Å²) < 4.78 is 14.0. The molecule has 3 nitrogen and oxygen atoms in total. The maximum absolute atomic E-state index is 14.1. The predicted octanol–water partition coefficient (Wildman–Crippen LogP) is 12.6. The van der Waals surface area contributed by atoms with Crippen LogP contribution >= 0.6 is 0 Å². The Hall–Kier alpha value is -3.49. The summed E-state index contributed by atoms with van der Waals surface area (Å²) >= 11 is 0. The molecule has 1 aliphatic heterocycles. The Morgan fingerprint density at radius 1 is 0.938 bits per heavy atom. The molecule has 1 heterocycles. The molecule has 3 atom stereocenters. The number of benzene rings is 2. The zero-order valence-corrected chi connectivity index (χ0v) is 29.9. The van der Waals surface area contributed by atoms with Gasteiger partial charge in [0.05, 0.1) is 5.70 Å². The summed E-state index contributed by atoms with van der Waals surface area (Å²) in [7, 11) is 0. The summed E-state index contributed by atoms with van der Waals surface area (Å²) in [5.41, 5.74) is 8.59. The first-order valence-corrected chi connectivity index (χ1v) is 18.9. The van der Waals surface area contributed by atoms with Crippen molar-refractivity contribution < 1.29 is 14.0 Å². The number of hydrogen-bond acceptors (Lipinski definition) is 2. The van der Waals surface area contributed by atoms with Gasteiger partial charge in [0.15, 0.2) is 5.78 Å². The SMILES string of the molecule is C=C1C(C)CCCCC1CCCCC/C(=C/C(=O)CCCCCCCCC)C(C)C1=C=Cc2ccccc2C(=O)N1c1ccc(F)cc1. The van der Waals surface area contributed by atoms with E-state index in [-0.39, 0.29) is 23.4 Å². The van der Waals surface area contributed by atoms with Crippen molar-refractivity contribution in [1.29, 1.82) is 0 Å². The Labute approximate surface area is 290 Å². The van der Waals surface area contributed by atoms with Gasteiger partial charge in [0.2, 0.25) is 0 Å². The second kappa shape index (κ2) is 19.5. The second-order valence-electron chi connectivity index (χ2n) is 14.2. The number of nitrogens with zero attached hydrogens (tertiary/aromatic N) is 1. The molecule has 4 rings (SSSR count). The van der Waals surface area contributed by atoms with Crippen LogP contribution in [-0.2, 0) is 4.79 Å². The molecule has 0 radical (unpaired) electrons. The lowest BCUT2D eigenvalue weighted by Gasteiger charge is -2.29. The highest BCUT2D eigenvalue weighted by atomic mass is 19.1. The van der Waals surface area contributed by atoms with Crippen molar-refractivity contribution in [3.8, 4) is 0 Å². The highest BCUT2D eigenvalue weighted by molar-refractivity contribution is 6.11. The Kier molecular flexibility index (Phi) is 15.2. The lowest BCUT2D eigenvalue weighted by molar-refractivity contribution is -0.114. The highest BCUT2D eigenvalue weighted by Crippen LogP contribution is 2.36. The van der Waals surface area contributed by atoms with Gasteiger partial charge in [-0.25, -0.2) is 4.39 Å². The predicted molar refractivity (Wildman–Crippen MR) is 199 cm³/mol. The van der Waals surface area contributed by atoms with Crippen LogP contribution in [0.1, 0.15) is 146 Å². The molecule has 48 heavy (non-hydrogen) atoms. The molecule has 1 fully saturated rings. The molecule has 0 saturated heterocycles. The van der Waals surface area contributed by atoms with Crippen LogP contribution in [0.5, 0.6) is 0 Å². The zero-order valence-electron chi connectivity index (χ0n) is 29.9. The van der Waals surface area contributed by atoms with E-state index in [0.717, 1.165) is 49.7 Å². The zero-order chi connectivity index (χ0) is 34.3. The van der Waals surface area contributed by atoms with E-state index in [0.29, 0.717) is 35.2 Å². The molecule has 2 aromatic carbocycles. The lowest BCUT2D eigenvalue weighted by Crippen LogP contribution is -2.33. The minimum absolute atomic E-state index is 0.162. The first-order chi connectivity index (χ1) is 23.3. The van der Waals surface area contributed by atoms with Gasteiger partial charge in [-0.3, -0.25) is 14.5 Å². The van der Waals surface area contributed by atoms with Gasteiger partial charge in [0.1, 0.15) is 5.82 Å². The van der Waals surface area contributed by atoms with E-state index in [9.17, 15) is 14.0 Å². The van der Waals surface area contributed by atoms with Gasteiger partial charge < -0.3 is 0 Å². The van der Waals surface area contributed by atoms with Crippen molar-refractivity contribution in [2.24, 2.45) is 17.8 Å². The van der Waals surface area contributed by atoms with Gasteiger partial charge in [-0.05, 0) is 98.4 Å². The van der Waals surface area contributed by atoms with Crippen LogP contribution in [0.25, 0.3) is 6.08 Å². The smallest absolute Gasteiger partial charge is 0.263 e. The van der Waals surface area contributed by atoms with Crippen LogP contribution in [0.15, 0.2) is 83.8 Å². The van der Waals surface area contributed by atoms with Crippen molar-refractivity contribution in [2.75, 3.05) is 4.90 Å². The first-order valence-electron chi connectivity index (χ1n) is 18.9. The van der Waals surface area contributed by atoms with Gasteiger partial charge in [0.25, 0.3) is 5.91 Å². The van der Waals surface area contributed by atoms with Crippen molar-refractivity contribution in [3.63, 3.8) is 0 Å². The summed E-state index contributed by atoms with van der Waals surface area (Å²) in [4.78, 5) is 29.2. The maximum atomic E-state index is 14.1. The minimum Gasteiger partial charge on any atom is -0.295 e. The molecule has 0 bridgehead atoms. The van der Waals surface area contributed by atoms with Crippen LogP contribution in [0.2, 0.25) is 0 Å². The standard InChI is InChI=1S/C44H58FNO2/c1-5-6-7-8-9-10-14-24-41(47)32-38(23-13-11-12-20-36-21-16-15-19-33(2)34(36)3)35(4)43-31-26-37-22-17-18-25-42(37)44(48)46(43)40-29-27-39(45)28-30-40/h17-18,22,25-30,32-33,35-36H,3,5-16,19-21,23-24H2,1-2,4H3/b38-32-. The Morgan fingerprint density at radius 2 is 1.60 bits per heavy atom. The van der Waals surface area contributed by atoms with E-state index in [1.165, 1.54) is 81.9 Å². The molecule has 0 aromatic heterocycles. The number of carbonyl (C=O) groups excluding carboxylic acids is 2. The summed E-state index contributed by atoms with van der Waals surface area (Å²) in [6.45, 7) is 11.1. The fraction of sp³-hybridized carbons (Fsp3) is 0.523. The van der Waals surface area contributed by atoms with Gasteiger partial charge in [0, 0.05) is 23.6 Å². The molecular formula is C44H58FNO2. The summed E-state index contributed by atoms with van der Waals surface area (Å²) in [5.74, 6) is 0.647. The second-order valence-corrected chi connectivity index (χ2v) is 14.2. The van der Waals surface area contributed by atoms with E-state index in [1.54, 1.807) is 17.0 Å². The van der Waals surface area contributed by atoms with Crippen LogP contribution in [0.4, 0.5) is 10.1 Å². The number of hydrogen-bond donors (Lipinski definition) is 0. The normalized spacial score (nSPS) is 19.0. The molecule has 2 aromatic rings.